The van der Waals surface area contributed by atoms with Crippen molar-refractivity contribution < 1.29 is 19.1 Å². The maximum atomic E-state index is 12.2. The summed E-state index contributed by atoms with van der Waals surface area (Å²) < 4.78 is 4.91. The Labute approximate surface area is 144 Å². The van der Waals surface area contributed by atoms with Crippen LogP contribution in [-0.2, 0) is 14.3 Å². The average molecular weight is 355 g/mol. The zero-order chi connectivity index (χ0) is 17.7. The quantitative estimate of drug-likeness (QED) is 0.612. The number of rotatable bonds is 2. The lowest BCUT2D eigenvalue weighted by atomic mass is 10.2. The number of nitrogen functional groups attached to an aromatic ring is 1. The molecule has 0 saturated carbocycles. The molecule has 0 atom stereocenters. The Hall–Kier alpha value is -2.48. The summed E-state index contributed by atoms with van der Waals surface area (Å²) in [6, 6.07) is 4.58. The molecule has 3 N–H and O–H groups in total. The summed E-state index contributed by atoms with van der Waals surface area (Å²) in [6.45, 7) is 3.22. The third-order valence-corrected chi connectivity index (χ3v) is 3.87. The number of hydrogen-bond acceptors (Lipinski definition) is 5. The molecule has 0 aromatic heterocycles. The number of nitrogens with two attached hydrogens (primary N) is 1. The number of benzene rings is 1. The van der Waals surface area contributed by atoms with Crippen LogP contribution in [0.15, 0.2) is 18.2 Å². The highest BCUT2D eigenvalue weighted by Crippen LogP contribution is 2.22. The molecule has 1 fully saturated rings. The molecule has 1 aromatic carbocycles. The molecule has 130 valence electrons. The minimum absolute atomic E-state index is 0.271. The Balaban J connectivity index is 1.89. The molecule has 1 saturated heterocycles. The van der Waals surface area contributed by atoms with Gasteiger partial charge in [0.15, 0.2) is 0 Å². The number of hydrogen-bond donors (Lipinski definition) is 2. The molecular formula is C15H19ClN4O4. The number of halogens is 1. The lowest BCUT2D eigenvalue weighted by molar-refractivity contribution is -0.144. The average Bonchev–Trinajstić information content (AvgIpc) is 2.58. The van der Waals surface area contributed by atoms with E-state index >= 15 is 0 Å². The van der Waals surface area contributed by atoms with Gasteiger partial charge in [-0.05, 0) is 25.1 Å². The van der Waals surface area contributed by atoms with Crippen LogP contribution in [0.2, 0.25) is 5.02 Å². The number of amides is 3. The van der Waals surface area contributed by atoms with Crippen LogP contribution in [-0.4, -0.2) is 60.5 Å². The molecule has 1 aromatic rings. The number of nitrogens with zero attached hydrogens (tertiary/aromatic N) is 2. The first-order chi connectivity index (χ1) is 11.4. The van der Waals surface area contributed by atoms with Gasteiger partial charge in [-0.2, -0.15) is 0 Å². The molecule has 0 radical (unpaired) electrons. The molecule has 1 aliphatic rings. The van der Waals surface area contributed by atoms with E-state index < -0.39 is 17.9 Å². The van der Waals surface area contributed by atoms with Crippen molar-refractivity contribution >= 4 is 40.9 Å². The van der Waals surface area contributed by atoms with Crippen LogP contribution >= 0.6 is 11.6 Å². The molecule has 24 heavy (non-hydrogen) atoms. The Bertz CT molecular complexity index is 644. The van der Waals surface area contributed by atoms with Crippen molar-refractivity contribution in [2.45, 2.75) is 6.92 Å². The van der Waals surface area contributed by atoms with Crippen molar-refractivity contribution in [2.75, 3.05) is 43.8 Å². The standard InChI is InChI=1S/C15H19ClN4O4/c1-2-24-15(23)20-7-5-19(6-8-20)14(22)13(21)18-10-3-4-12(17)11(16)9-10/h3-4,9H,2,5-8,17H2,1H3,(H,18,21). The van der Waals surface area contributed by atoms with Crippen molar-refractivity contribution in [1.29, 1.82) is 0 Å². The highest BCUT2D eigenvalue weighted by atomic mass is 35.5. The first-order valence-electron chi connectivity index (χ1n) is 7.49. The normalized spacial score (nSPS) is 14.2. The fourth-order valence-electron chi connectivity index (χ4n) is 2.24. The number of nitrogens with one attached hydrogen (secondary N) is 1. The number of anilines is 2. The third kappa shape index (κ3) is 4.29. The van der Waals surface area contributed by atoms with Crippen molar-refractivity contribution in [2.24, 2.45) is 0 Å². The van der Waals surface area contributed by atoms with Gasteiger partial charge in [-0.25, -0.2) is 4.79 Å². The molecule has 1 heterocycles. The van der Waals surface area contributed by atoms with Gasteiger partial charge in [-0.3, -0.25) is 9.59 Å². The second-order valence-electron chi connectivity index (χ2n) is 5.17. The first kappa shape index (κ1) is 17.9. The fourth-order valence-corrected chi connectivity index (χ4v) is 2.42. The third-order valence-electron chi connectivity index (χ3n) is 3.55. The number of carbonyl (C=O) groups excluding carboxylic acids is 3. The minimum Gasteiger partial charge on any atom is -0.450 e. The molecular weight excluding hydrogens is 336 g/mol. The summed E-state index contributed by atoms with van der Waals surface area (Å²) in [5.74, 6) is -1.42. The van der Waals surface area contributed by atoms with Gasteiger partial charge in [0.1, 0.15) is 0 Å². The van der Waals surface area contributed by atoms with E-state index in [1.165, 1.54) is 15.9 Å². The summed E-state index contributed by atoms with van der Waals surface area (Å²) in [5, 5.41) is 2.78. The minimum atomic E-state index is -0.763. The topological polar surface area (TPSA) is 105 Å². The van der Waals surface area contributed by atoms with Gasteiger partial charge in [0.25, 0.3) is 0 Å². The number of carbonyl (C=O) groups is 3. The van der Waals surface area contributed by atoms with E-state index in [1.54, 1.807) is 19.1 Å². The molecule has 9 heteroatoms. The lowest BCUT2D eigenvalue weighted by Crippen LogP contribution is -2.53. The molecule has 1 aliphatic heterocycles. The Morgan fingerprint density at radius 3 is 2.42 bits per heavy atom. The first-order valence-corrected chi connectivity index (χ1v) is 7.87. The summed E-state index contributed by atoms with van der Waals surface area (Å²) in [5.41, 5.74) is 6.36. The van der Waals surface area contributed by atoms with Crippen LogP contribution < -0.4 is 11.1 Å². The molecule has 2 rings (SSSR count). The Morgan fingerprint density at radius 1 is 1.21 bits per heavy atom. The predicted molar refractivity (Wildman–Crippen MR) is 89.7 cm³/mol. The van der Waals surface area contributed by atoms with E-state index in [0.717, 1.165) is 0 Å². The molecule has 0 aliphatic carbocycles. The summed E-state index contributed by atoms with van der Waals surface area (Å²) in [4.78, 5) is 38.7. The van der Waals surface area contributed by atoms with Gasteiger partial charge in [-0.1, -0.05) is 11.6 Å². The SMILES string of the molecule is CCOC(=O)N1CCN(C(=O)C(=O)Nc2ccc(N)c(Cl)c2)CC1. The summed E-state index contributed by atoms with van der Waals surface area (Å²) in [6.07, 6.45) is -0.412. The van der Waals surface area contributed by atoms with Crippen molar-refractivity contribution in [1.82, 2.24) is 9.80 Å². The van der Waals surface area contributed by atoms with Crippen molar-refractivity contribution in [3.8, 4) is 0 Å². The fraction of sp³-hybridized carbons (Fsp3) is 0.400. The maximum Gasteiger partial charge on any atom is 0.409 e. The lowest BCUT2D eigenvalue weighted by Gasteiger charge is -2.33. The van der Waals surface area contributed by atoms with Crippen LogP contribution in [0.25, 0.3) is 0 Å². The van der Waals surface area contributed by atoms with E-state index in [-0.39, 0.29) is 13.1 Å². The largest absolute Gasteiger partial charge is 0.450 e. The van der Waals surface area contributed by atoms with Gasteiger partial charge in [0, 0.05) is 31.9 Å². The predicted octanol–water partition coefficient (Wildman–Crippen LogP) is 1.16. The van der Waals surface area contributed by atoms with Gasteiger partial charge in [0.05, 0.1) is 17.3 Å². The Kier molecular flexibility index (Phi) is 5.86. The Morgan fingerprint density at radius 2 is 1.83 bits per heavy atom. The van der Waals surface area contributed by atoms with Crippen molar-refractivity contribution in [3.05, 3.63) is 23.2 Å². The van der Waals surface area contributed by atoms with E-state index in [0.29, 0.717) is 36.1 Å². The van der Waals surface area contributed by atoms with E-state index in [1.807, 2.05) is 0 Å². The van der Waals surface area contributed by atoms with E-state index in [2.05, 4.69) is 5.32 Å². The summed E-state index contributed by atoms with van der Waals surface area (Å²) >= 11 is 5.88. The van der Waals surface area contributed by atoms with E-state index in [4.69, 9.17) is 22.1 Å². The second kappa shape index (κ2) is 7.87. The van der Waals surface area contributed by atoms with Crippen LogP contribution in [0, 0.1) is 0 Å². The van der Waals surface area contributed by atoms with Crippen molar-refractivity contribution in [3.63, 3.8) is 0 Å². The second-order valence-corrected chi connectivity index (χ2v) is 5.58. The maximum absolute atomic E-state index is 12.2. The zero-order valence-electron chi connectivity index (χ0n) is 13.3. The van der Waals surface area contributed by atoms with Gasteiger partial charge < -0.3 is 25.6 Å². The number of piperazine rings is 1. The summed E-state index contributed by atoms with van der Waals surface area (Å²) in [7, 11) is 0. The van der Waals surface area contributed by atoms with Gasteiger partial charge in [-0.15, -0.1) is 0 Å². The molecule has 0 unspecified atom stereocenters. The molecule has 3 amide bonds. The zero-order valence-corrected chi connectivity index (χ0v) is 14.0. The van der Waals surface area contributed by atoms with E-state index in [9.17, 15) is 14.4 Å². The van der Waals surface area contributed by atoms with Crippen LogP contribution in [0.5, 0.6) is 0 Å². The van der Waals surface area contributed by atoms with Gasteiger partial charge in [0.2, 0.25) is 0 Å². The highest BCUT2D eigenvalue weighted by Gasteiger charge is 2.28. The monoisotopic (exact) mass is 354 g/mol. The smallest absolute Gasteiger partial charge is 0.409 e. The van der Waals surface area contributed by atoms with Crippen LogP contribution in [0.1, 0.15) is 6.92 Å². The molecule has 8 nitrogen and oxygen atoms in total. The van der Waals surface area contributed by atoms with Gasteiger partial charge >= 0.3 is 17.9 Å². The van der Waals surface area contributed by atoms with Crippen LogP contribution in [0.4, 0.5) is 16.2 Å². The molecule has 0 bridgehead atoms. The van der Waals surface area contributed by atoms with Crippen LogP contribution in [0.3, 0.4) is 0 Å². The highest BCUT2D eigenvalue weighted by molar-refractivity contribution is 6.40. The number of ether oxygens (including phenoxy) is 1. The molecule has 0 spiro atoms.